The Morgan fingerprint density at radius 3 is 2.58 bits per heavy atom. The van der Waals surface area contributed by atoms with Gasteiger partial charge in [-0.2, -0.15) is 0 Å². The average Bonchev–Trinajstić information content (AvgIpc) is 2.60. The first-order valence-electron chi connectivity index (χ1n) is 8.55. The summed E-state index contributed by atoms with van der Waals surface area (Å²) in [5, 5.41) is 0. The molecule has 0 aliphatic heterocycles. The lowest BCUT2D eigenvalue weighted by atomic mass is 10.0. The largest absolute Gasteiger partial charge is 0.316 e. The Morgan fingerprint density at radius 2 is 1.88 bits per heavy atom. The van der Waals surface area contributed by atoms with Crippen LogP contribution in [-0.4, -0.2) is 24.5 Å². The van der Waals surface area contributed by atoms with Crippen molar-refractivity contribution in [3.05, 3.63) is 88.8 Å². The maximum atomic E-state index is 7.03. The molecule has 0 heterocycles. The van der Waals surface area contributed by atoms with Gasteiger partial charge >= 0.3 is 0 Å². The van der Waals surface area contributed by atoms with E-state index in [-0.39, 0.29) is 0 Å². The maximum Gasteiger partial charge on any atom is 0.227 e. The second-order valence-corrected chi connectivity index (χ2v) is 6.33. The third-order valence-electron chi connectivity index (χ3n) is 4.03. The number of benzene rings is 2. The molecule has 0 saturated heterocycles. The fraction of sp³-hybridized carbons (Fsp3) is 0.318. The van der Waals surface area contributed by atoms with Gasteiger partial charge in [0, 0.05) is 13.1 Å². The number of nitrogens with zero attached hydrogens (tertiary/aromatic N) is 2. The molecule has 0 unspecified atom stereocenters. The Bertz CT molecular complexity index is 681. The van der Waals surface area contributed by atoms with Crippen LogP contribution >= 0.6 is 0 Å². The predicted octanol–water partition coefficient (Wildman–Crippen LogP) is 5.24. The first-order valence-corrected chi connectivity index (χ1v) is 8.55. The van der Waals surface area contributed by atoms with Crippen molar-refractivity contribution < 1.29 is 0 Å². The molecule has 24 heavy (non-hydrogen) atoms. The van der Waals surface area contributed by atoms with E-state index in [4.69, 9.17) is 6.57 Å². The van der Waals surface area contributed by atoms with Crippen LogP contribution in [0.1, 0.15) is 36.5 Å². The molecule has 0 bridgehead atoms. The van der Waals surface area contributed by atoms with Gasteiger partial charge in [0.05, 0.1) is 6.54 Å². The molecule has 0 spiro atoms. The molecular weight excluding hydrogens is 292 g/mol. The van der Waals surface area contributed by atoms with Gasteiger partial charge in [0.15, 0.2) is 0 Å². The first-order chi connectivity index (χ1) is 11.7. The van der Waals surface area contributed by atoms with Crippen molar-refractivity contribution in [1.82, 2.24) is 4.90 Å². The van der Waals surface area contributed by atoms with Gasteiger partial charge in [-0.05, 0) is 22.6 Å². The van der Waals surface area contributed by atoms with Crippen LogP contribution in [0.25, 0.3) is 10.9 Å². The van der Waals surface area contributed by atoms with Crippen molar-refractivity contribution in [2.45, 2.75) is 26.3 Å². The van der Waals surface area contributed by atoms with E-state index in [9.17, 15) is 0 Å². The maximum absolute atomic E-state index is 7.03. The van der Waals surface area contributed by atoms with Crippen LogP contribution in [0.15, 0.2) is 60.7 Å². The highest BCUT2D eigenvalue weighted by Gasteiger charge is 2.05. The van der Waals surface area contributed by atoms with Crippen LogP contribution < -0.4 is 0 Å². The van der Waals surface area contributed by atoms with Gasteiger partial charge in [-0.3, -0.25) is 4.90 Å². The highest BCUT2D eigenvalue weighted by atomic mass is 15.1. The highest BCUT2D eigenvalue weighted by Crippen LogP contribution is 2.16. The lowest BCUT2D eigenvalue weighted by molar-refractivity contribution is 0.309. The third-order valence-corrected chi connectivity index (χ3v) is 4.03. The summed E-state index contributed by atoms with van der Waals surface area (Å²) in [5.41, 5.74) is 3.90. The van der Waals surface area contributed by atoms with E-state index in [1.165, 1.54) is 16.7 Å². The molecule has 2 rings (SSSR count). The van der Waals surface area contributed by atoms with E-state index >= 15 is 0 Å². The van der Waals surface area contributed by atoms with Crippen LogP contribution in [0.3, 0.4) is 0 Å². The van der Waals surface area contributed by atoms with Gasteiger partial charge in [-0.15, -0.1) is 0 Å². The Hall–Kier alpha value is -2.37. The van der Waals surface area contributed by atoms with Crippen LogP contribution in [0, 0.1) is 6.57 Å². The zero-order valence-corrected chi connectivity index (χ0v) is 14.7. The predicted molar refractivity (Wildman–Crippen MR) is 103 cm³/mol. The zero-order valence-electron chi connectivity index (χ0n) is 14.7. The smallest absolute Gasteiger partial charge is 0.227 e. The van der Waals surface area contributed by atoms with Crippen LogP contribution in [0.5, 0.6) is 0 Å². The molecule has 0 N–H and O–H groups in total. The van der Waals surface area contributed by atoms with E-state index in [0.717, 1.165) is 19.6 Å². The normalized spacial score (nSPS) is 11.3. The summed E-state index contributed by atoms with van der Waals surface area (Å²) in [6.45, 7) is 14.6. The average molecular weight is 318 g/mol. The minimum Gasteiger partial charge on any atom is -0.316 e. The molecule has 0 aliphatic carbocycles. The number of hydrogen-bond acceptors (Lipinski definition) is 1. The van der Waals surface area contributed by atoms with Crippen molar-refractivity contribution in [2.75, 3.05) is 19.6 Å². The Kier molecular flexibility index (Phi) is 7.26. The van der Waals surface area contributed by atoms with Crippen LogP contribution in [0.2, 0.25) is 0 Å². The van der Waals surface area contributed by atoms with Crippen LogP contribution in [-0.2, 0) is 6.54 Å². The summed E-state index contributed by atoms with van der Waals surface area (Å²) >= 11 is 0. The molecule has 124 valence electrons. The number of rotatable bonds is 8. The van der Waals surface area contributed by atoms with E-state index < -0.39 is 0 Å². The Morgan fingerprint density at radius 1 is 1.08 bits per heavy atom. The summed E-state index contributed by atoms with van der Waals surface area (Å²) in [5.74, 6) is 0.548. The van der Waals surface area contributed by atoms with E-state index in [1.807, 2.05) is 6.07 Å². The summed E-state index contributed by atoms with van der Waals surface area (Å²) < 4.78 is 0. The summed E-state index contributed by atoms with van der Waals surface area (Å²) in [7, 11) is 0. The molecule has 0 aromatic heterocycles. The van der Waals surface area contributed by atoms with Crippen LogP contribution in [0.4, 0.5) is 0 Å². The van der Waals surface area contributed by atoms with E-state index in [1.54, 1.807) is 0 Å². The second-order valence-electron chi connectivity index (χ2n) is 6.33. The fourth-order valence-corrected chi connectivity index (χ4v) is 2.63. The minimum atomic E-state index is 0.545. The van der Waals surface area contributed by atoms with Crippen molar-refractivity contribution >= 4 is 6.08 Å². The summed E-state index contributed by atoms with van der Waals surface area (Å²) in [4.78, 5) is 5.81. The first kappa shape index (κ1) is 18.0. The van der Waals surface area contributed by atoms with Gasteiger partial charge in [0.25, 0.3) is 0 Å². The minimum absolute atomic E-state index is 0.545. The van der Waals surface area contributed by atoms with Gasteiger partial charge in [0.1, 0.15) is 0 Å². The second kappa shape index (κ2) is 9.70. The van der Waals surface area contributed by atoms with Crippen molar-refractivity contribution in [1.29, 1.82) is 0 Å². The van der Waals surface area contributed by atoms with Crippen molar-refractivity contribution in [3.63, 3.8) is 0 Å². The molecule has 2 aromatic carbocycles. The number of hydrogen-bond donors (Lipinski definition) is 0. The van der Waals surface area contributed by atoms with Crippen molar-refractivity contribution in [3.8, 4) is 0 Å². The van der Waals surface area contributed by atoms with Gasteiger partial charge in [-0.25, -0.2) is 6.57 Å². The van der Waals surface area contributed by atoms with E-state index in [2.05, 4.69) is 84.3 Å². The molecule has 0 amide bonds. The summed E-state index contributed by atoms with van der Waals surface area (Å²) in [6.07, 6.45) is 4.38. The molecule has 0 fully saturated rings. The molecule has 0 atom stereocenters. The molecule has 2 heteroatoms. The standard InChI is InChI=1S/C22H26N2/c1-19(2)22-13-7-11-20(17-22)12-8-15-24(16-14-23-3)18-21-9-5-4-6-10-21/h4-13,17,19H,14-16,18H2,1-2H3/b12-8+. The topological polar surface area (TPSA) is 7.60 Å². The fourth-order valence-electron chi connectivity index (χ4n) is 2.63. The van der Waals surface area contributed by atoms with Crippen molar-refractivity contribution in [2.24, 2.45) is 0 Å². The molecule has 2 aromatic rings. The lowest BCUT2D eigenvalue weighted by Gasteiger charge is -2.18. The SMILES string of the molecule is [C-]#[N+]CCN(C/C=C/c1cccc(C(C)C)c1)Cc1ccccc1. The molecule has 2 nitrogen and oxygen atoms in total. The highest BCUT2D eigenvalue weighted by molar-refractivity contribution is 5.50. The van der Waals surface area contributed by atoms with Gasteiger partial charge in [0.2, 0.25) is 6.54 Å². The molecule has 0 saturated carbocycles. The molecule has 0 aliphatic rings. The monoisotopic (exact) mass is 318 g/mol. The van der Waals surface area contributed by atoms with Gasteiger partial charge in [-0.1, -0.05) is 80.6 Å². The Balaban J connectivity index is 1.99. The van der Waals surface area contributed by atoms with Gasteiger partial charge < -0.3 is 4.85 Å². The zero-order chi connectivity index (χ0) is 17.2. The summed E-state index contributed by atoms with van der Waals surface area (Å²) in [6, 6.07) is 19.1. The third kappa shape index (κ3) is 6.02. The van der Waals surface area contributed by atoms with E-state index in [0.29, 0.717) is 12.5 Å². The molecule has 0 radical (unpaired) electrons. The quantitative estimate of drug-likeness (QED) is 0.604. The lowest BCUT2D eigenvalue weighted by Crippen LogP contribution is -2.25. The Labute approximate surface area is 146 Å². The molecular formula is C22H26N2.